The van der Waals surface area contributed by atoms with Crippen LogP contribution >= 0.6 is 0 Å². The molecule has 111 valence electrons. The molecule has 0 amide bonds. The second kappa shape index (κ2) is 5.15. The van der Waals surface area contributed by atoms with Crippen LogP contribution in [0.5, 0.6) is 0 Å². The SMILES string of the molecule is CC(C)(C)C[C@@H]1C[C@@H](n2ccc(=O)[nH]c2=O)[C]2[CH][CH][CH][C]21. The Bertz CT molecular complexity index is 623. The number of aromatic nitrogens is 2. The minimum absolute atomic E-state index is 0.0340. The maximum atomic E-state index is 12.1. The summed E-state index contributed by atoms with van der Waals surface area (Å²) < 4.78 is 1.66. The summed E-state index contributed by atoms with van der Waals surface area (Å²) in [7, 11) is 0. The lowest BCUT2D eigenvalue weighted by molar-refractivity contribution is 0.301. The number of H-pyrrole nitrogens is 1. The van der Waals surface area contributed by atoms with E-state index in [9.17, 15) is 9.59 Å². The molecule has 0 aliphatic heterocycles. The van der Waals surface area contributed by atoms with E-state index in [1.54, 1.807) is 10.8 Å². The first-order valence-electron chi connectivity index (χ1n) is 7.42. The van der Waals surface area contributed by atoms with Gasteiger partial charge in [0.15, 0.2) is 0 Å². The molecule has 2 atom stereocenters. The monoisotopic (exact) mass is 285 g/mol. The summed E-state index contributed by atoms with van der Waals surface area (Å²) in [5, 5.41) is 0. The molecule has 1 N–H and O–H groups in total. The molecule has 0 unspecified atom stereocenters. The summed E-state index contributed by atoms with van der Waals surface area (Å²) in [6.45, 7) is 6.74. The topological polar surface area (TPSA) is 54.9 Å². The highest BCUT2D eigenvalue weighted by molar-refractivity contribution is 5.50. The first-order valence-corrected chi connectivity index (χ1v) is 7.42. The molecule has 1 aromatic rings. The molecular formula is C17H21N2O2. The lowest BCUT2D eigenvalue weighted by atomic mass is 9.79. The number of hydrogen-bond acceptors (Lipinski definition) is 2. The molecule has 3 rings (SSSR count). The summed E-state index contributed by atoms with van der Waals surface area (Å²) in [5.74, 6) is 3.05. The first kappa shape index (κ1) is 14.6. The van der Waals surface area contributed by atoms with Crippen LogP contribution < -0.4 is 11.2 Å². The van der Waals surface area contributed by atoms with Gasteiger partial charge in [0.2, 0.25) is 0 Å². The zero-order chi connectivity index (χ0) is 15.2. The number of hydrogen-bond donors (Lipinski definition) is 1. The standard InChI is InChI=1S/C17H21N2O2/c1-17(2,3)10-11-9-14(13-6-4-5-12(11)13)19-8-7-15(20)18-16(19)21/h4-8,11,14H,9-10H2,1-3H3,(H,18,20,21)/t11-,14+/m0/s1. The maximum Gasteiger partial charge on any atom is 0.328 e. The fraction of sp³-hybridized carbons (Fsp3) is 0.471. The molecule has 4 nitrogen and oxygen atoms in total. The van der Waals surface area contributed by atoms with E-state index < -0.39 is 0 Å². The summed E-state index contributed by atoms with van der Waals surface area (Å²) >= 11 is 0. The Kier molecular flexibility index (Phi) is 3.58. The van der Waals surface area contributed by atoms with Gasteiger partial charge in [-0.15, -0.1) is 0 Å². The number of aromatic amines is 1. The van der Waals surface area contributed by atoms with E-state index in [4.69, 9.17) is 0 Å². The summed E-state index contributed by atoms with van der Waals surface area (Å²) in [6.07, 6.45) is 9.96. The predicted molar refractivity (Wildman–Crippen MR) is 81.9 cm³/mol. The number of nitrogens with one attached hydrogen (secondary N) is 1. The van der Waals surface area contributed by atoms with Gasteiger partial charge in [-0.3, -0.25) is 14.3 Å². The van der Waals surface area contributed by atoms with E-state index in [0.717, 1.165) is 12.8 Å². The van der Waals surface area contributed by atoms with Crippen LogP contribution in [0, 0.1) is 42.4 Å². The molecule has 2 saturated carbocycles. The average Bonchev–Trinajstić information content (AvgIpc) is 2.92. The van der Waals surface area contributed by atoms with Crippen molar-refractivity contribution in [1.29, 1.82) is 0 Å². The van der Waals surface area contributed by atoms with Crippen molar-refractivity contribution in [2.75, 3.05) is 0 Å². The zero-order valence-electron chi connectivity index (χ0n) is 12.7. The average molecular weight is 285 g/mol. The molecule has 21 heavy (non-hydrogen) atoms. The lowest BCUT2D eigenvalue weighted by Gasteiger charge is -2.26. The summed E-state index contributed by atoms with van der Waals surface area (Å²) in [6, 6.07) is 1.45. The van der Waals surface area contributed by atoms with Crippen LogP contribution in [-0.2, 0) is 0 Å². The Morgan fingerprint density at radius 1 is 1.24 bits per heavy atom. The third kappa shape index (κ3) is 2.85. The third-order valence-corrected chi connectivity index (χ3v) is 4.24. The largest absolute Gasteiger partial charge is 0.328 e. The Hall–Kier alpha value is -1.32. The fourth-order valence-electron chi connectivity index (χ4n) is 3.52. The van der Waals surface area contributed by atoms with Crippen molar-refractivity contribution in [1.82, 2.24) is 9.55 Å². The molecule has 0 saturated heterocycles. The molecular weight excluding hydrogens is 264 g/mol. The zero-order valence-corrected chi connectivity index (χ0v) is 12.7. The molecule has 1 heterocycles. The van der Waals surface area contributed by atoms with Gasteiger partial charge in [0, 0.05) is 24.2 Å². The molecule has 0 spiro atoms. The predicted octanol–water partition coefficient (Wildman–Crippen LogP) is 2.31. The van der Waals surface area contributed by atoms with Crippen LogP contribution in [0.3, 0.4) is 0 Å². The third-order valence-electron chi connectivity index (χ3n) is 4.24. The second-order valence-electron chi connectivity index (χ2n) is 7.17. The summed E-state index contributed by atoms with van der Waals surface area (Å²) in [4.78, 5) is 25.6. The fourth-order valence-corrected chi connectivity index (χ4v) is 3.52. The van der Waals surface area contributed by atoms with Crippen LogP contribution in [0.25, 0.3) is 0 Å². The highest BCUT2D eigenvalue weighted by atomic mass is 16.2. The Labute approximate surface area is 125 Å². The second-order valence-corrected chi connectivity index (χ2v) is 7.17. The molecule has 5 radical (unpaired) electrons. The highest BCUT2D eigenvalue weighted by Crippen LogP contribution is 2.56. The quantitative estimate of drug-likeness (QED) is 0.906. The molecule has 0 bridgehead atoms. The molecule has 0 aromatic carbocycles. The van der Waals surface area contributed by atoms with Gasteiger partial charge >= 0.3 is 5.69 Å². The van der Waals surface area contributed by atoms with E-state index >= 15 is 0 Å². The van der Waals surface area contributed by atoms with Gasteiger partial charge in [0.05, 0.1) is 0 Å². The van der Waals surface area contributed by atoms with Crippen LogP contribution in [0.1, 0.15) is 39.7 Å². The van der Waals surface area contributed by atoms with Crippen LogP contribution in [0.15, 0.2) is 21.9 Å². The van der Waals surface area contributed by atoms with Gasteiger partial charge in [-0.2, -0.15) is 0 Å². The van der Waals surface area contributed by atoms with Crippen LogP contribution in [0.2, 0.25) is 0 Å². The van der Waals surface area contributed by atoms with Crippen molar-refractivity contribution in [3.05, 3.63) is 64.2 Å². The Morgan fingerprint density at radius 2 is 1.95 bits per heavy atom. The van der Waals surface area contributed by atoms with Gasteiger partial charge in [-0.05, 0) is 49.4 Å². The van der Waals surface area contributed by atoms with Gasteiger partial charge in [0.25, 0.3) is 5.56 Å². The van der Waals surface area contributed by atoms with Crippen molar-refractivity contribution < 1.29 is 0 Å². The van der Waals surface area contributed by atoms with Crippen LogP contribution in [-0.4, -0.2) is 9.55 Å². The van der Waals surface area contributed by atoms with Crippen LogP contribution in [0.4, 0.5) is 0 Å². The van der Waals surface area contributed by atoms with E-state index in [0.29, 0.717) is 5.92 Å². The highest BCUT2D eigenvalue weighted by Gasteiger charge is 2.48. The number of fused-ring (bicyclic) bond motifs is 1. The van der Waals surface area contributed by atoms with E-state index in [1.165, 1.54) is 17.9 Å². The minimum Gasteiger partial charge on any atom is -0.297 e. The molecule has 2 aliphatic rings. The molecule has 1 aromatic heterocycles. The van der Waals surface area contributed by atoms with Crippen molar-refractivity contribution in [2.24, 2.45) is 11.3 Å². The lowest BCUT2D eigenvalue weighted by Crippen LogP contribution is -2.32. The Morgan fingerprint density at radius 3 is 2.62 bits per heavy atom. The van der Waals surface area contributed by atoms with Crippen molar-refractivity contribution in [3.63, 3.8) is 0 Å². The van der Waals surface area contributed by atoms with Crippen molar-refractivity contribution in [3.8, 4) is 0 Å². The van der Waals surface area contributed by atoms with Gasteiger partial charge in [0.1, 0.15) is 0 Å². The maximum absolute atomic E-state index is 12.1. The summed E-state index contributed by atoms with van der Waals surface area (Å²) in [5.41, 5.74) is -0.413. The Balaban J connectivity index is 1.90. The van der Waals surface area contributed by atoms with E-state index in [1.807, 2.05) is 0 Å². The smallest absolute Gasteiger partial charge is 0.297 e. The first-order chi connectivity index (χ1) is 9.85. The molecule has 2 fully saturated rings. The van der Waals surface area contributed by atoms with Crippen molar-refractivity contribution >= 4 is 0 Å². The normalized spacial score (nSPS) is 27.2. The van der Waals surface area contributed by atoms with Gasteiger partial charge < -0.3 is 0 Å². The number of nitrogens with zero attached hydrogens (tertiary/aromatic N) is 1. The van der Waals surface area contributed by atoms with Crippen molar-refractivity contribution in [2.45, 2.75) is 39.7 Å². The van der Waals surface area contributed by atoms with Gasteiger partial charge in [-0.25, -0.2) is 4.79 Å². The minimum atomic E-state index is -0.344. The molecule has 2 aliphatic carbocycles. The van der Waals surface area contributed by atoms with E-state index in [2.05, 4.69) is 45.0 Å². The van der Waals surface area contributed by atoms with Gasteiger partial charge in [-0.1, -0.05) is 20.8 Å². The number of rotatable bonds is 2. The molecule has 4 heteroatoms. The van der Waals surface area contributed by atoms with E-state index in [-0.39, 0.29) is 22.7 Å².